The fourth-order valence-electron chi connectivity index (χ4n) is 1.51. The van der Waals surface area contributed by atoms with Crippen LogP contribution in [-0.4, -0.2) is 23.6 Å². The molecule has 0 fully saturated rings. The van der Waals surface area contributed by atoms with Gasteiger partial charge in [0.15, 0.2) is 5.82 Å². The number of methoxy groups -OCH3 is 1. The van der Waals surface area contributed by atoms with Crippen molar-refractivity contribution in [1.82, 2.24) is 9.97 Å². The Hall–Kier alpha value is -1.46. The minimum atomic E-state index is 0.498. The average molecular weight is 249 g/mol. The summed E-state index contributed by atoms with van der Waals surface area (Å²) in [6, 6.07) is 3.94. The minimum Gasteiger partial charge on any atom is -0.378 e. The molecule has 1 N–H and O–H groups in total. The van der Waals surface area contributed by atoms with Gasteiger partial charge in [-0.15, -0.1) is 0 Å². The zero-order valence-corrected chi connectivity index (χ0v) is 10.8. The number of hydrogen-bond donors (Lipinski definition) is 1. The molecule has 0 aliphatic heterocycles. The van der Waals surface area contributed by atoms with Crippen molar-refractivity contribution in [2.24, 2.45) is 0 Å². The number of aromatic nitrogens is 2. The van der Waals surface area contributed by atoms with Gasteiger partial charge in [-0.1, -0.05) is 0 Å². The van der Waals surface area contributed by atoms with Gasteiger partial charge in [0, 0.05) is 30.7 Å². The van der Waals surface area contributed by atoms with Gasteiger partial charge in [-0.05, 0) is 18.4 Å². The van der Waals surface area contributed by atoms with Gasteiger partial charge in [0.1, 0.15) is 5.82 Å². The second-order valence-corrected chi connectivity index (χ2v) is 4.32. The van der Waals surface area contributed by atoms with E-state index in [0.717, 1.165) is 29.4 Å². The lowest BCUT2D eigenvalue weighted by molar-refractivity contribution is 0.181. The molecule has 0 amide bonds. The Morgan fingerprint density at radius 1 is 1.41 bits per heavy atom. The second-order valence-electron chi connectivity index (χ2n) is 3.54. The molecule has 0 aliphatic carbocycles. The first-order chi connectivity index (χ1) is 8.33. The van der Waals surface area contributed by atoms with E-state index in [1.54, 1.807) is 18.4 Å². The van der Waals surface area contributed by atoms with Crippen molar-refractivity contribution in [2.75, 3.05) is 19.0 Å². The van der Waals surface area contributed by atoms with Gasteiger partial charge >= 0.3 is 0 Å². The van der Waals surface area contributed by atoms with Crippen LogP contribution in [0.5, 0.6) is 0 Å². The molecule has 4 nitrogen and oxygen atoms in total. The topological polar surface area (TPSA) is 47.0 Å². The van der Waals surface area contributed by atoms with Crippen molar-refractivity contribution in [3.8, 4) is 11.4 Å². The molecule has 2 heterocycles. The largest absolute Gasteiger partial charge is 0.378 e. The first-order valence-electron chi connectivity index (χ1n) is 5.47. The molecule has 0 atom stereocenters. The van der Waals surface area contributed by atoms with Gasteiger partial charge in [-0.3, -0.25) is 0 Å². The number of thiophene rings is 1. The normalized spacial score (nSPS) is 10.5. The van der Waals surface area contributed by atoms with Crippen LogP contribution in [0.3, 0.4) is 0 Å². The molecule has 0 aliphatic rings. The van der Waals surface area contributed by atoms with Crippen LogP contribution in [0.15, 0.2) is 22.9 Å². The quantitative estimate of drug-likeness (QED) is 0.885. The van der Waals surface area contributed by atoms with Crippen LogP contribution < -0.4 is 5.32 Å². The van der Waals surface area contributed by atoms with E-state index in [1.165, 1.54) is 0 Å². The third kappa shape index (κ3) is 3.01. The average Bonchev–Trinajstić information content (AvgIpc) is 2.83. The van der Waals surface area contributed by atoms with Crippen LogP contribution in [0.1, 0.15) is 12.6 Å². The standard InChI is InChI=1S/C12H15N3OS/c1-3-13-11-6-10(7-16-2)14-12(15-11)9-4-5-17-8-9/h4-6,8H,3,7H2,1-2H3,(H,13,14,15). The van der Waals surface area contributed by atoms with Gasteiger partial charge < -0.3 is 10.1 Å². The van der Waals surface area contributed by atoms with E-state index >= 15 is 0 Å². The third-order valence-electron chi connectivity index (χ3n) is 2.21. The lowest BCUT2D eigenvalue weighted by Crippen LogP contribution is -2.04. The van der Waals surface area contributed by atoms with Gasteiger partial charge in [0.05, 0.1) is 12.3 Å². The summed E-state index contributed by atoms with van der Waals surface area (Å²) < 4.78 is 5.12. The maximum absolute atomic E-state index is 5.12. The fraction of sp³-hybridized carbons (Fsp3) is 0.333. The van der Waals surface area contributed by atoms with Gasteiger partial charge in [0.2, 0.25) is 0 Å². The molecule has 0 saturated carbocycles. The van der Waals surface area contributed by atoms with E-state index in [-0.39, 0.29) is 0 Å². The van der Waals surface area contributed by atoms with Crippen molar-refractivity contribution in [2.45, 2.75) is 13.5 Å². The Labute approximate surface area is 105 Å². The molecule has 0 aromatic carbocycles. The van der Waals surface area contributed by atoms with Crippen LogP contribution in [0.4, 0.5) is 5.82 Å². The Morgan fingerprint density at radius 3 is 2.94 bits per heavy atom. The molecule has 0 saturated heterocycles. The molecule has 2 rings (SSSR count). The first kappa shape index (κ1) is 12.0. The summed E-state index contributed by atoms with van der Waals surface area (Å²) in [4.78, 5) is 8.96. The minimum absolute atomic E-state index is 0.498. The molecular weight excluding hydrogens is 234 g/mol. The number of anilines is 1. The van der Waals surface area contributed by atoms with Crippen molar-refractivity contribution in [1.29, 1.82) is 0 Å². The van der Waals surface area contributed by atoms with Crippen molar-refractivity contribution >= 4 is 17.2 Å². The molecule has 0 unspecified atom stereocenters. The summed E-state index contributed by atoms with van der Waals surface area (Å²) in [5.74, 6) is 1.59. The summed E-state index contributed by atoms with van der Waals surface area (Å²) in [5, 5.41) is 7.27. The lowest BCUT2D eigenvalue weighted by Gasteiger charge is -2.07. The summed E-state index contributed by atoms with van der Waals surface area (Å²) in [6.45, 7) is 3.38. The number of ether oxygens (including phenoxy) is 1. The van der Waals surface area contributed by atoms with Gasteiger partial charge in [-0.2, -0.15) is 11.3 Å². The van der Waals surface area contributed by atoms with Crippen LogP contribution in [0.2, 0.25) is 0 Å². The molecule has 0 radical (unpaired) electrons. The summed E-state index contributed by atoms with van der Waals surface area (Å²) in [6.07, 6.45) is 0. The Kier molecular flexibility index (Phi) is 4.06. The number of rotatable bonds is 5. The highest BCUT2D eigenvalue weighted by atomic mass is 32.1. The first-order valence-corrected chi connectivity index (χ1v) is 6.41. The zero-order chi connectivity index (χ0) is 12.1. The predicted octanol–water partition coefficient (Wildman–Crippen LogP) is 2.78. The fourth-order valence-corrected chi connectivity index (χ4v) is 2.15. The molecule has 0 spiro atoms. The van der Waals surface area contributed by atoms with E-state index in [2.05, 4.69) is 15.3 Å². The van der Waals surface area contributed by atoms with E-state index in [1.807, 2.05) is 29.8 Å². The van der Waals surface area contributed by atoms with Crippen LogP contribution in [-0.2, 0) is 11.3 Å². The Balaban J connectivity index is 2.37. The summed E-state index contributed by atoms with van der Waals surface area (Å²) in [5.41, 5.74) is 1.94. The second kappa shape index (κ2) is 5.75. The molecule has 17 heavy (non-hydrogen) atoms. The zero-order valence-electron chi connectivity index (χ0n) is 9.93. The molecule has 2 aromatic heterocycles. The maximum Gasteiger partial charge on any atom is 0.162 e. The lowest BCUT2D eigenvalue weighted by atomic mass is 10.3. The Morgan fingerprint density at radius 2 is 2.29 bits per heavy atom. The van der Waals surface area contributed by atoms with Crippen molar-refractivity contribution in [3.63, 3.8) is 0 Å². The van der Waals surface area contributed by atoms with E-state index in [9.17, 15) is 0 Å². The van der Waals surface area contributed by atoms with E-state index in [0.29, 0.717) is 6.61 Å². The van der Waals surface area contributed by atoms with E-state index in [4.69, 9.17) is 4.74 Å². The highest BCUT2D eigenvalue weighted by molar-refractivity contribution is 7.08. The molecule has 5 heteroatoms. The smallest absolute Gasteiger partial charge is 0.162 e. The molecule has 2 aromatic rings. The molecule has 90 valence electrons. The van der Waals surface area contributed by atoms with Crippen molar-refractivity contribution in [3.05, 3.63) is 28.6 Å². The highest BCUT2D eigenvalue weighted by Crippen LogP contribution is 2.20. The summed E-state index contributed by atoms with van der Waals surface area (Å²) in [7, 11) is 1.67. The van der Waals surface area contributed by atoms with Crippen LogP contribution >= 0.6 is 11.3 Å². The van der Waals surface area contributed by atoms with Gasteiger partial charge in [0.25, 0.3) is 0 Å². The number of nitrogens with one attached hydrogen (secondary N) is 1. The van der Waals surface area contributed by atoms with Crippen LogP contribution in [0.25, 0.3) is 11.4 Å². The maximum atomic E-state index is 5.12. The third-order valence-corrected chi connectivity index (χ3v) is 2.89. The van der Waals surface area contributed by atoms with Gasteiger partial charge in [-0.25, -0.2) is 9.97 Å². The van der Waals surface area contributed by atoms with Crippen molar-refractivity contribution < 1.29 is 4.74 Å². The predicted molar refractivity (Wildman–Crippen MR) is 70.2 cm³/mol. The monoisotopic (exact) mass is 249 g/mol. The van der Waals surface area contributed by atoms with Crippen LogP contribution in [0, 0.1) is 0 Å². The molecule has 0 bridgehead atoms. The van der Waals surface area contributed by atoms with E-state index < -0.39 is 0 Å². The number of hydrogen-bond acceptors (Lipinski definition) is 5. The SMILES string of the molecule is CCNc1cc(COC)nc(-c2ccsc2)n1. The highest BCUT2D eigenvalue weighted by Gasteiger charge is 2.06. The number of nitrogens with zero attached hydrogens (tertiary/aromatic N) is 2. The molecular formula is C12H15N3OS. The Bertz CT molecular complexity index is 446. The summed E-state index contributed by atoms with van der Waals surface area (Å²) >= 11 is 1.64.